The Balaban J connectivity index is 2.91. The van der Waals surface area contributed by atoms with Crippen LogP contribution in [0.25, 0.3) is 5.65 Å². The Hall–Kier alpha value is -1.78. The van der Waals surface area contributed by atoms with Crippen LogP contribution in [0.2, 0.25) is 0 Å². The van der Waals surface area contributed by atoms with Crippen molar-refractivity contribution in [1.82, 2.24) is 14.4 Å². The highest BCUT2D eigenvalue weighted by molar-refractivity contribution is 5.61. The van der Waals surface area contributed by atoms with E-state index in [1.54, 1.807) is 23.0 Å². The molecular formula is C6H7N5. The van der Waals surface area contributed by atoms with E-state index in [-0.39, 0.29) is 0 Å². The maximum Gasteiger partial charge on any atom is 0.179 e. The van der Waals surface area contributed by atoms with Gasteiger partial charge in [0.2, 0.25) is 0 Å². The van der Waals surface area contributed by atoms with Gasteiger partial charge in [-0.1, -0.05) is 0 Å². The van der Waals surface area contributed by atoms with E-state index in [9.17, 15) is 0 Å². The summed E-state index contributed by atoms with van der Waals surface area (Å²) < 4.78 is 1.73. The Morgan fingerprint density at radius 3 is 3.00 bits per heavy atom. The molecule has 4 N–H and O–H groups in total. The molecule has 11 heavy (non-hydrogen) atoms. The second-order valence-corrected chi connectivity index (χ2v) is 2.21. The van der Waals surface area contributed by atoms with Crippen LogP contribution in [-0.4, -0.2) is 14.4 Å². The molecule has 5 nitrogen and oxygen atoms in total. The third-order valence-electron chi connectivity index (χ3n) is 1.42. The van der Waals surface area contributed by atoms with Crippen LogP contribution in [0.5, 0.6) is 0 Å². The van der Waals surface area contributed by atoms with Crippen LogP contribution >= 0.6 is 0 Å². The summed E-state index contributed by atoms with van der Waals surface area (Å²) >= 11 is 0. The van der Waals surface area contributed by atoms with E-state index in [2.05, 4.69) is 9.97 Å². The highest BCUT2D eigenvalue weighted by Crippen LogP contribution is 2.09. The lowest BCUT2D eigenvalue weighted by molar-refractivity contribution is 1.14. The van der Waals surface area contributed by atoms with Crippen molar-refractivity contribution >= 4 is 17.3 Å². The van der Waals surface area contributed by atoms with Crippen LogP contribution in [0.15, 0.2) is 18.6 Å². The molecule has 0 fully saturated rings. The van der Waals surface area contributed by atoms with Gasteiger partial charge in [0, 0.05) is 12.4 Å². The van der Waals surface area contributed by atoms with E-state index in [1.165, 1.54) is 0 Å². The monoisotopic (exact) mass is 149 g/mol. The first kappa shape index (κ1) is 5.96. The Morgan fingerprint density at radius 2 is 2.18 bits per heavy atom. The molecule has 0 unspecified atom stereocenters. The largest absolute Gasteiger partial charge is 0.382 e. The summed E-state index contributed by atoms with van der Waals surface area (Å²) in [7, 11) is 0. The van der Waals surface area contributed by atoms with Gasteiger partial charge in [0.15, 0.2) is 11.5 Å². The molecule has 56 valence electrons. The number of fused-ring (bicyclic) bond motifs is 1. The standard InChI is InChI=1S/C6H7N5/c7-4-3-11-2-1-9-6(11)5(8)10-4/h1-3H,7H2,(H2,8,10). The minimum absolute atomic E-state index is 0.356. The number of hydrogen-bond acceptors (Lipinski definition) is 4. The number of nitrogen functional groups attached to an aromatic ring is 2. The number of imidazole rings is 1. The molecule has 0 spiro atoms. The SMILES string of the molecule is Nc1cn2ccnc2c(N)n1. The number of anilines is 2. The Kier molecular flexibility index (Phi) is 1.00. The predicted molar refractivity (Wildman–Crippen MR) is 41.8 cm³/mol. The first-order chi connectivity index (χ1) is 5.27. The fraction of sp³-hybridized carbons (Fsp3) is 0. The molecule has 0 saturated heterocycles. The average molecular weight is 149 g/mol. The number of hydrogen-bond donors (Lipinski definition) is 2. The van der Waals surface area contributed by atoms with E-state index in [0.717, 1.165) is 0 Å². The summed E-state index contributed by atoms with van der Waals surface area (Å²) in [6.45, 7) is 0. The van der Waals surface area contributed by atoms with E-state index in [0.29, 0.717) is 17.3 Å². The van der Waals surface area contributed by atoms with Crippen LogP contribution in [0, 0.1) is 0 Å². The quantitative estimate of drug-likeness (QED) is 0.547. The lowest BCUT2D eigenvalue weighted by Crippen LogP contribution is -2.00. The summed E-state index contributed by atoms with van der Waals surface area (Å²) in [5.41, 5.74) is 11.6. The van der Waals surface area contributed by atoms with Crippen molar-refractivity contribution in [3.05, 3.63) is 18.6 Å². The van der Waals surface area contributed by atoms with Crippen molar-refractivity contribution in [2.24, 2.45) is 0 Å². The van der Waals surface area contributed by atoms with Gasteiger partial charge in [-0.05, 0) is 0 Å². The fourth-order valence-electron chi connectivity index (χ4n) is 0.976. The zero-order valence-corrected chi connectivity index (χ0v) is 5.73. The van der Waals surface area contributed by atoms with Gasteiger partial charge >= 0.3 is 0 Å². The van der Waals surface area contributed by atoms with Gasteiger partial charge in [0.25, 0.3) is 0 Å². The van der Waals surface area contributed by atoms with Crippen LogP contribution in [-0.2, 0) is 0 Å². The fourth-order valence-corrected chi connectivity index (χ4v) is 0.976. The third-order valence-corrected chi connectivity index (χ3v) is 1.42. The van der Waals surface area contributed by atoms with E-state index < -0.39 is 0 Å². The summed E-state index contributed by atoms with van der Waals surface area (Å²) in [6.07, 6.45) is 5.08. The van der Waals surface area contributed by atoms with Crippen molar-refractivity contribution in [2.45, 2.75) is 0 Å². The molecule has 0 bridgehead atoms. The van der Waals surface area contributed by atoms with Crippen LogP contribution in [0.1, 0.15) is 0 Å². The first-order valence-corrected chi connectivity index (χ1v) is 3.12. The highest BCUT2D eigenvalue weighted by atomic mass is 15.1. The summed E-state index contributed by atoms with van der Waals surface area (Å²) in [4.78, 5) is 7.83. The van der Waals surface area contributed by atoms with Gasteiger partial charge in [-0.3, -0.25) is 0 Å². The van der Waals surface area contributed by atoms with Crippen molar-refractivity contribution in [3.8, 4) is 0 Å². The van der Waals surface area contributed by atoms with Crippen LogP contribution in [0.4, 0.5) is 11.6 Å². The van der Waals surface area contributed by atoms with Crippen molar-refractivity contribution in [1.29, 1.82) is 0 Å². The molecule has 0 radical (unpaired) electrons. The zero-order chi connectivity index (χ0) is 7.84. The molecule has 0 atom stereocenters. The van der Waals surface area contributed by atoms with Gasteiger partial charge in [0.05, 0.1) is 6.20 Å². The van der Waals surface area contributed by atoms with Gasteiger partial charge in [-0.15, -0.1) is 0 Å². The van der Waals surface area contributed by atoms with Crippen molar-refractivity contribution < 1.29 is 0 Å². The van der Waals surface area contributed by atoms with Gasteiger partial charge in [-0.25, -0.2) is 9.97 Å². The average Bonchev–Trinajstić information content (AvgIpc) is 2.34. The van der Waals surface area contributed by atoms with E-state index in [1.807, 2.05) is 0 Å². The Morgan fingerprint density at radius 1 is 1.36 bits per heavy atom. The van der Waals surface area contributed by atoms with E-state index in [4.69, 9.17) is 11.5 Å². The lowest BCUT2D eigenvalue weighted by Gasteiger charge is -1.97. The minimum atomic E-state index is 0.356. The molecule has 0 aliphatic carbocycles. The van der Waals surface area contributed by atoms with E-state index >= 15 is 0 Å². The summed E-state index contributed by atoms with van der Waals surface area (Å²) in [5, 5.41) is 0. The number of nitrogens with zero attached hydrogens (tertiary/aromatic N) is 3. The molecule has 0 amide bonds. The van der Waals surface area contributed by atoms with Crippen LogP contribution in [0.3, 0.4) is 0 Å². The molecule has 0 saturated carbocycles. The lowest BCUT2D eigenvalue weighted by atomic mass is 10.6. The van der Waals surface area contributed by atoms with Crippen molar-refractivity contribution in [3.63, 3.8) is 0 Å². The third kappa shape index (κ3) is 0.778. The zero-order valence-electron chi connectivity index (χ0n) is 5.73. The second-order valence-electron chi connectivity index (χ2n) is 2.21. The molecular weight excluding hydrogens is 142 g/mol. The van der Waals surface area contributed by atoms with Gasteiger partial charge < -0.3 is 15.9 Å². The van der Waals surface area contributed by atoms with Crippen molar-refractivity contribution in [2.75, 3.05) is 11.5 Å². The first-order valence-electron chi connectivity index (χ1n) is 3.12. The number of rotatable bonds is 0. The Labute approximate surface area is 62.7 Å². The van der Waals surface area contributed by atoms with Gasteiger partial charge in [-0.2, -0.15) is 0 Å². The number of aromatic nitrogens is 3. The molecule has 5 heteroatoms. The molecule has 2 aromatic heterocycles. The molecule has 0 aliphatic heterocycles. The van der Waals surface area contributed by atoms with Gasteiger partial charge in [0.1, 0.15) is 5.82 Å². The molecule has 2 heterocycles. The predicted octanol–water partition coefficient (Wildman–Crippen LogP) is -0.106. The smallest absolute Gasteiger partial charge is 0.179 e. The maximum absolute atomic E-state index is 5.53. The maximum atomic E-state index is 5.53. The normalized spacial score (nSPS) is 10.5. The Bertz CT molecular complexity index is 391. The summed E-state index contributed by atoms with van der Waals surface area (Å²) in [5.74, 6) is 0.753. The van der Waals surface area contributed by atoms with Crippen LogP contribution < -0.4 is 11.5 Å². The molecule has 0 aromatic carbocycles. The number of nitrogens with two attached hydrogens (primary N) is 2. The second kappa shape index (κ2) is 1.85. The molecule has 2 rings (SSSR count). The summed E-state index contributed by atoms with van der Waals surface area (Å²) in [6, 6.07) is 0. The molecule has 2 aromatic rings. The molecule has 0 aliphatic rings. The minimum Gasteiger partial charge on any atom is -0.382 e. The highest BCUT2D eigenvalue weighted by Gasteiger charge is 1.99. The topological polar surface area (TPSA) is 82.2 Å².